The molecule has 128 valence electrons. The Balaban J connectivity index is 2.03. The molecule has 1 saturated heterocycles. The van der Waals surface area contributed by atoms with Crippen molar-refractivity contribution in [3.63, 3.8) is 0 Å². The molecule has 1 aromatic heterocycles. The molecule has 0 aromatic carbocycles. The van der Waals surface area contributed by atoms with Crippen molar-refractivity contribution >= 4 is 23.2 Å². The van der Waals surface area contributed by atoms with Crippen molar-refractivity contribution in [2.24, 2.45) is 0 Å². The van der Waals surface area contributed by atoms with E-state index < -0.39 is 18.1 Å². The smallest absolute Gasteiger partial charge is 0.340 e. The lowest BCUT2D eigenvalue weighted by Crippen LogP contribution is -2.48. The van der Waals surface area contributed by atoms with Crippen LogP contribution in [0.3, 0.4) is 0 Å². The van der Waals surface area contributed by atoms with Crippen LogP contribution in [0.4, 0.5) is 13.2 Å². The van der Waals surface area contributed by atoms with Crippen LogP contribution in [0.5, 0.6) is 0 Å². The summed E-state index contributed by atoms with van der Waals surface area (Å²) in [5, 5.41) is 3.62. The third-order valence-corrected chi connectivity index (χ3v) is 4.67. The fraction of sp³-hybridized carbons (Fsp3) is 0.571. The van der Waals surface area contributed by atoms with E-state index in [2.05, 4.69) is 4.90 Å². The maximum absolute atomic E-state index is 12.5. The molecule has 1 atom stereocenters. The Kier molecular flexibility index (Phi) is 5.64. The van der Waals surface area contributed by atoms with Crippen LogP contribution < -0.4 is 5.32 Å². The van der Waals surface area contributed by atoms with Gasteiger partial charge in [0.1, 0.15) is 0 Å². The molecule has 9 heteroatoms. The molecule has 1 N–H and O–H groups in total. The van der Waals surface area contributed by atoms with Crippen LogP contribution in [0, 0.1) is 0 Å². The summed E-state index contributed by atoms with van der Waals surface area (Å²) in [6.45, 7) is 2.54. The number of rotatable bonds is 4. The quantitative estimate of drug-likeness (QED) is 0.899. The van der Waals surface area contributed by atoms with Crippen molar-refractivity contribution < 1.29 is 22.8 Å². The van der Waals surface area contributed by atoms with E-state index in [1.165, 1.54) is 11.3 Å². The van der Waals surface area contributed by atoms with Gasteiger partial charge in [-0.25, -0.2) is 0 Å². The molecule has 2 rings (SSSR count). The summed E-state index contributed by atoms with van der Waals surface area (Å²) >= 11 is 1.21. The molecule has 0 aliphatic carbocycles. The van der Waals surface area contributed by atoms with Crippen LogP contribution in [0.1, 0.15) is 17.3 Å². The van der Waals surface area contributed by atoms with Gasteiger partial charge in [0.25, 0.3) is 0 Å². The van der Waals surface area contributed by atoms with Crippen molar-refractivity contribution in [1.29, 1.82) is 0 Å². The number of alkyl halides is 3. The van der Waals surface area contributed by atoms with Crippen LogP contribution in [-0.4, -0.2) is 61.0 Å². The first kappa shape index (κ1) is 17.7. The van der Waals surface area contributed by atoms with E-state index in [1.807, 2.05) is 12.4 Å². The molecule has 1 aliphatic heterocycles. The maximum atomic E-state index is 12.5. The minimum absolute atomic E-state index is 0.175. The summed E-state index contributed by atoms with van der Waals surface area (Å²) in [6.07, 6.45) is -5.14. The first-order chi connectivity index (χ1) is 10.8. The Hall–Kier alpha value is -1.61. The van der Waals surface area contributed by atoms with Crippen LogP contribution in [0.25, 0.3) is 0 Å². The summed E-state index contributed by atoms with van der Waals surface area (Å²) < 4.78 is 37.4. The van der Waals surface area contributed by atoms with E-state index in [-0.39, 0.29) is 12.3 Å². The van der Waals surface area contributed by atoms with Crippen molar-refractivity contribution in [3.8, 4) is 0 Å². The van der Waals surface area contributed by atoms with Crippen molar-refractivity contribution in [2.75, 3.05) is 33.2 Å². The molecule has 5 nitrogen and oxygen atoms in total. The molecule has 0 saturated carbocycles. The van der Waals surface area contributed by atoms with E-state index in [0.717, 1.165) is 13.1 Å². The first-order valence-corrected chi connectivity index (χ1v) is 8.02. The van der Waals surface area contributed by atoms with Gasteiger partial charge in [0.2, 0.25) is 5.91 Å². The standard InChI is InChI=1S/C14H18F3N3O2S/c1-19-4-6-20(7-5-19)12(21)9-10(11-3-2-8-23-11)18-13(22)14(15,16)17/h2-3,8,10H,4-7,9H2,1H3,(H,18,22). The predicted octanol–water partition coefficient (Wildman–Crippen LogP) is 1.63. The fourth-order valence-corrected chi connectivity index (χ4v) is 3.09. The van der Waals surface area contributed by atoms with E-state index in [9.17, 15) is 22.8 Å². The van der Waals surface area contributed by atoms with Crippen molar-refractivity contribution in [2.45, 2.75) is 18.6 Å². The van der Waals surface area contributed by atoms with E-state index >= 15 is 0 Å². The minimum Gasteiger partial charge on any atom is -0.340 e. The molecular weight excluding hydrogens is 331 g/mol. The van der Waals surface area contributed by atoms with Gasteiger partial charge >= 0.3 is 12.1 Å². The maximum Gasteiger partial charge on any atom is 0.471 e. The Morgan fingerprint density at radius 3 is 2.48 bits per heavy atom. The lowest BCUT2D eigenvalue weighted by atomic mass is 10.1. The highest BCUT2D eigenvalue weighted by molar-refractivity contribution is 7.10. The van der Waals surface area contributed by atoms with Crippen LogP contribution in [0.2, 0.25) is 0 Å². The zero-order valence-electron chi connectivity index (χ0n) is 12.6. The summed E-state index contributed by atoms with van der Waals surface area (Å²) in [6, 6.07) is 2.33. The molecule has 1 aromatic rings. The summed E-state index contributed by atoms with van der Waals surface area (Å²) in [5.41, 5.74) is 0. The van der Waals surface area contributed by atoms with E-state index in [4.69, 9.17) is 0 Å². The number of hydrogen-bond acceptors (Lipinski definition) is 4. The number of nitrogens with one attached hydrogen (secondary N) is 1. The summed E-state index contributed by atoms with van der Waals surface area (Å²) in [5.74, 6) is -2.28. The van der Waals surface area contributed by atoms with E-state index in [1.54, 1.807) is 22.4 Å². The second-order valence-corrected chi connectivity index (χ2v) is 6.41. The summed E-state index contributed by atoms with van der Waals surface area (Å²) in [7, 11) is 1.94. The largest absolute Gasteiger partial charge is 0.471 e. The number of hydrogen-bond donors (Lipinski definition) is 1. The molecule has 0 bridgehead atoms. The number of carbonyl (C=O) groups excluding carboxylic acids is 2. The molecule has 1 aliphatic rings. The number of piperazine rings is 1. The van der Waals surface area contributed by atoms with E-state index in [0.29, 0.717) is 18.0 Å². The number of carbonyl (C=O) groups is 2. The molecular formula is C14H18F3N3O2S. The molecule has 2 amide bonds. The topological polar surface area (TPSA) is 52.6 Å². The van der Waals surface area contributed by atoms with Gasteiger partial charge in [0, 0.05) is 31.1 Å². The molecule has 0 radical (unpaired) electrons. The first-order valence-electron chi connectivity index (χ1n) is 7.15. The van der Waals surface area contributed by atoms with Gasteiger partial charge in [-0.3, -0.25) is 9.59 Å². The zero-order valence-corrected chi connectivity index (χ0v) is 13.4. The van der Waals surface area contributed by atoms with Gasteiger partial charge in [-0.05, 0) is 18.5 Å². The lowest BCUT2D eigenvalue weighted by molar-refractivity contribution is -0.174. The van der Waals surface area contributed by atoms with Crippen LogP contribution in [-0.2, 0) is 9.59 Å². The van der Waals surface area contributed by atoms with Gasteiger partial charge in [0.15, 0.2) is 0 Å². The second kappa shape index (κ2) is 7.31. The lowest BCUT2D eigenvalue weighted by Gasteiger charge is -2.33. The highest BCUT2D eigenvalue weighted by atomic mass is 32.1. The number of thiophene rings is 1. The van der Waals surface area contributed by atoms with Gasteiger partial charge in [-0.15, -0.1) is 11.3 Å². The number of likely N-dealkylation sites (N-methyl/N-ethyl adjacent to an activating group) is 1. The van der Waals surface area contributed by atoms with Crippen LogP contribution >= 0.6 is 11.3 Å². The van der Waals surface area contributed by atoms with Crippen molar-refractivity contribution in [3.05, 3.63) is 22.4 Å². The molecule has 1 fully saturated rings. The molecule has 2 heterocycles. The predicted molar refractivity (Wildman–Crippen MR) is 80.0 cm³/mol. The highest BCUT2D eigenvalue weighted by Crippen LogP contribution is 2.25. The second-order valence-electron chi connectivity index (χ2n) is 5.43. The average molecular weight is 349 g/mol. The van der Waals surface area contributed by atoms with Gasteiger partial charge in [0.05, 0.1) is 12.5 Å². The highest BCUT2D eigenvalue weighted by Gasteiger charge is 2.40. The third kappa shape index (κ3) is 4.93. The SMILES string of the molecule is CN1CCN(C(=O)CC(NC(=O)C(F)(F)F)c2cccs2)CC1. The molecule has 23 heavy (non-hydrogen) atoms. The Morgan fingerprint density at radius 2 is 1.96 bits per heavy atom. The fourth-order valence-electron chi connectivity index (χ4n) is 2.31. The van der Waals surface area contributed by atoms with Gasteiger partial charge in [-0.1, -0.05) is 6.07 Å². The van der Waals surface area contributed by atoms with Gasteiger partial charge in [-0.2, -0.15) is 13.2 Å². The monoisotopic (exact) mass is 349 g/mol. The number of halogens is 3. The van der Waals surface area contributed by atoms with Gasteiger partial charge < -0.3 is 15.1 Å². The summed E-state index contributed by atoms with van der Waals surface area (Å²) in [4.78, 5) is 27.8. The number of nitrogens with zero attached hydrogens (tertiary/aromatic N) is 2. The normalized spacial score (nSPS) is 17.8. The third-order valence-electron chi connectivity index (χ3n) is 3.68. The number of amides is 2. The molecule has 0 spiro atoms. The van der Waals surface area contributed by atoms with Crippen LogP contribution in [0.15, 0.2) is 17.5 Å². The molecule has 1 unspecified atom stereocenters. The average Bonchev–Trinajstić information content (AvgIpc) is 3.00. The Labute approximate surface area is 136 Å². The minimum atomic E-state index is -4.97. The Morgan fingerprint density at radius 1 is 1.30 bits per heavy atom. The Bertz CT molecular complexity index is 540. The van der Waals surface area contributed by atoms with Crippen molar-refractivity contribution in [1.82, 2.24) is 15.1 Å². The zero-order chi connectivity index (χ0) is 17.0.